The SMILES string of the molecule is CC(C)(N)CC(=O)Cc1ccc(F)c(Br)c1. The van der Waals surface area contributed by atoms with Crippen molar-refractivity contribution in [1.29, 1.82) is 0 Å². The van der Waals surface area contributed by atoms with E-state index in [0.29, 0.717) is 17.3 Å². The number of hydrogen-bond acceptors (Lipinski definition) is 2. The molecule has 0 bridgehead atoms. The van der Waals surface area contributed by atoms with E-state index in [0.717, 1.165) is 5.56 Å². The Bertz CT molecular complexity index is 398. The fourth-order valence-electron chi connectivity index (χ4n) is 1.45. The molecule has 16 heavy (non-hydrogen) atoms. The molecule has 2 nitrogen and oxygen atoms in total. The molecule has 1 rings (SSSR count). The van der Waals surface area contributed by atoms with Crippen LogP contribution >= 0.6 is 15.9 Å². The van der Waals surface area contributed by atoms with Gasteiger partial charge in [0.1, 0.15) is 11.6 Å². The third kappa shape index (κ3) is 4.41. The second kappa shape index (κ2) is 5.06. The average molecular weight is 288 g/mol. The van der Waals surface area contributed by atoms with Gasteiger partial charge in [-0.1, -0.05) is 6.07 Å². The highest BCUT2D eigenvalue weighted by molar-refractivity contribution is 9.10. The lowest BCUT2D eigenvalue weighted by molar-refractivity contribution is -0.119. The van der Waals surface area contributed by atoms with E-state index in [1.165, 1.54) is 6.07 Å². The Morgan fingerprint density at radius 3 is 2.62 bits per heavy atom. The smallest absolute Gasteiger partial charge is 0.139 e. The minimum atomic E-state index is -0.492. The number of hydrogen-bond donors (Lipinski definition) is 1. The molecule has 0 unspecified atom stereocenters. The lowest BCUT2D eigenvalue weighted by Gasteiger charge is -2.16. The molecule has 0 aliphatic carbocycles. The highest BCUT2D eigenvalue weighted by Gasteiger charge is 2.16. The molecule has 0 heterocycles. The van der Waals surface area contributed by atoms with Gasteiger partial charge in [0, 0.05) is 18.4 Å². The number of ketones is 1. The molecule has 0 fully saturated rings. The standard InChI is InChI=1S/C12H15BrFNO/c1-12(2,15)7-9(16)5-8-3-4-11(14)10(13)6-8/h3-4,6H,5,7,15H2,1-2H3. The van der Waals surface area contributed by atoms with E-state index in [-0.39, 0.29) is 11.6 Å². The Kier molecular flexibility index (Phi) is 4.21. The first-order chi connectivity index (χ1) is 7.28. The van der Waals surface area contributed by atoms with Crippen LogP contribution in [0.3, 0.4) is 0 Å². The third-order valence-electron chi connectivity index (χ3n) is 2.04. The zero-order valence-electron chi connectivity index (χ0n) is 9.39. The summed E-state index contributed by atoms with van der Waals surface area (Å²) in [7, 11) is 0. The molecule has 0 amide bonds. The van der Waals surface area contributed by atoms with Gasteiger partial charge in [-0.05, 0) is 47.5 Å². The summed E-state index contributed by atoms with van der Waals surface area (Å²) in [5.41, 5.74) is 6.06. The molecule has 0 atom stereocenters. The van der Waals surface area contributed by atoms with E-state index >= 15 is 0 Å². The van der Waals surface area contributed by atoms with Gasteiger partial charge >= 0.3 is 0 Å². The van der Waals surface area contributed by atoms with Crippen LogP contribution in [0.25, 0.3) is 0 Å². The van der Waals surface area contributed by atoms with Crippen molar-refractivity contribution in [3.63, 3.8) is 0 Å². The van der Waals surface area contributed by atoms with Crippen LogP contribution in [-0.2, 0) is 11.2 Å². The normalized spacial score (nSPS) is 11.6. The van der Waals surface area contributed by atoms with Crippen LogP contribution in [0, 0.1) is 5.82 Å². The Balaban J connectivity index is 2.67. The van der Waals surface area contributed by atoms with Gasteiger partial charge in [0.25, 0.3) is 0 Å². The first-order valence-electron chi connectivity index (χ1n) is 5.02. The van der Waals surface area contributed by atoms with Gasteiger partial charge in [-0.15, -0.1) is 0 Å². The van der Waals surface area contributed by atoms with Crippen LogP contribution in [0.15, 0.2) is 22.7 Å². The molecule has 88 valence electrons. The molecule has 0 aliphatic heterocycles. The van der Waals surface area contributed by atoms with Gasteiger partial charge in [0.05, 0.1) is 4.47 Å². The van der Waals surface area contributed by atoms with Crippen molar-refractivity contribution >= 4 is 21.7 Å². The van der Waals surface area contributed by atoms with Crippen LogP contribution in [0.5, 0.6) is 0 Å². The maximum atomic E-state index is 13.0. The molecule has 0 spiro atoms. The Morgan fingerprint density at radius 1 is 1.50 bits per heavy atom. The van der Waals surface area contributed by atoms with E-state index in [4.69, 9.17) is 5.73 Å². The number of rotatable bonds is 4. The summed E-state index contributed by atoms with van der Waals surface area (Å²) < 4.78 is 13.3. The lowest BCUT2D eigenvalue weighted by atomic mass is 9.96. The van der Waals surface area contributed by atoms with Crippen LogP contribution in [-0.4, -0.2) is 11.3 Å². The topological polar surface area (TPSA) is 43.1 Å². The van der Waals surface area contributed by atoms with Gasteiger partial charge in [0.15, 0.2) is 0 Å². The van der Waals surface area contributed by atoms with Crippen LogP contribution in [0.1, 0.15) is 25.8 Å². The maximum Gasteiger partial charge on any atom is 0.139 e. The molecule has 2 N–H and O–H groups in total. The predicted octanol–water partition coefficient (Wildman–Crippen LogP) is 2.83. The first-order valence-corrected chi connectivity index (χ1v) is 5.82. The zero-order valence-corrected chi connectivity index (χ0v) is 11.0. The van der Waals surface area contributed by atoms with Gasteiger partial charge in [-0.2, -0.15) is 0 Å². The molecular weight excluding hydrogens is 273 g/mol. The monoisotopic (exact) mass is 287 g/mol. The molecule has 0 aromatic heterocycles. The molecule has 0 aliphatic rings. The fourth-order valence-corrected chi connectivity index (χ4v) is 1.87. The third-order valence-corrected chi connectivity index (χ3v) is 2.65. The van der Waals surface area contributed by atoms with Crippen molar-refractivity contribution in [3.05, 3.63) is 34.1 Å². The summed E-state index contributed by atoms with van der Waals surface area (Å²) in [4.78, 5) is 11.6. The summed E-state index contributed by atoms with van der Waals surface area (Å²) in [6.07, 6.45) is 0.613. The van der Waals surface area contributed by atoms with Gasteiger partial charge in [0.2, 0.25) is 0 Å². The van der Waals surface area contributed by atoms with E-state index in [1.807, 2.05) is 13.8 Å². The van der Waals surface area contributed by atoms with Crippen LogP contribution < -0.4 is 5.73 Å². The Morgan fingerprint density at radius 2 is 2.12 bits per heavy atom. The highest BCUT2D eigenvalue weighted by atomic mass is 79.9. The highest BCUT2D eigenvalue weighted by Crippen LogP contribution is 2.18. The average Bonchev–Trinajstić information content (AvgIpc) is 2.08. The van der Waals surface area contributed by atoms with Crippen molar-refractivity contribution in [2.75, 3.05) is 0 Å². The van der Waals surface area contributed by atoms with Gasteiger partial charge < -0.3 is 5.73 Å². The summed E-state index contributed by atoms with van der Waals surface area (Å²) >= 11 is 3.09. The quantitative estimate of drug-likeness (QED) is 0.925. The van der Waals surface area contributed by atoms with Crippen LogP contribution in [0.2, 0.25) is 0 Å². The van der Waals surface area contributed by atoms with Crippen molar-refractivity contribution in [2.45, 2.75) is 32.2 Å². The Labute approximate surface area is 103 Å². The zero-order chi connectivity index (χ0) is 12.3. The number of halogens is 2. The second-order valence-electron chi connectivity index (χ2n) is 4.63. The minimum Gasteiger partial charge on any atom is -0.325 e. The first kappa shape index (κ1) is 13.3. The summed E-state index contributed by atoms with van der Waals surface area (Å²) in [6.45, 7) is 3.62. The maximum absolute atomic E-state index is 13.0. The lowest BCUT2D eigenvalue weighted by Crippen LogP contribution is -2.35. The largest absolute Gasteiger partial charge is 0.325 e. The molecule has 0 saturated carbocycles. The number of Topliss-reactive ketones (excluding diaryl/α,β-unsaturated/α-hetero) is 1. The van der Waals surface area contributed by atoms with Crippen molar-refractivity contribution in [1.82, 2.24) is 0 Å². The van der Waals surface area contributed by atoms with Gasteiger partial charge in [-0.25, -0.2) is 4.39 Å². The van der Waals surface area contributed by atoms with Crippen molar-refractivity contribution in [2.24, 2.45) is 5.73 Å². The van der Waals surface area contributed by atoms with Crippen molar-refractivity contribution in [3.8, 4) is 0 Å². The minimum absolute atomic E-state index is 0.0611. The van der Waals surface area contributed by atoms with Gasteiger partial charge in [-0.3, -0.25) is 4.79 Å². The summed E-state index contributed by atoms with van der Waals surface area (Å²) in [5, 5.41) is 0. The van der Waals surface area contributed by atoms with E-state index in [9.17, 15) is 9.18 Å². The second-order valence-corrected chi connectivity index (χ2v) is 5.48. The number of carbonyl (C=O) groups is 1. The van der Waals surface area contributed by atoms with E-state index < -0.39 is 5.54 Å². The van der Waals surface area contributed by atoms with E-state index in [2.05, 4.69) is 15.9 Å². The molecule has 1 aromatic rings. The van der Waals surface area contributed by atoms with Crippen molar-refractivity contribution < 1.29 is 9.18 Å². The molecule has 1 aromatic carbocycles. The number of benzene rings is 1. The number of nitrogens with two attached hydrogens (primary N) is 1. The Hall–Kier alpha value is -0.740. The molecule has 0 saturated heterocycles. The van der Waals surface area contributed by atoms with Crippen LogP contribution in [0.4, 0.5) is 4.39 Å². The summed E-state index contributed by atoms with van der Waals surface area (Å²) in [5.74, 6) is -0.263. The molecular formula is C12H15BrFNO. The number of carbonyl (C=O) groups excluding carboxylic acids is 1. The predicted molar refractivity (Wildman–Crippen MR) is 65.7 cm³/mol. The molecule has 0 radical (unpaired) electrons. The summed E-state index contributed by atoms with van der Waals surface area (Å²) in [6, 6.07) is 4.58. The molecule has 4 heteroatoms. The van der Waals surface area contributed by atoms with E-state index in [1.54, 1.807) is 12.1 Å². The fraction of sp³-hybridized carbons (Fsp3) is 0.417.